The van der Waals surface area contributed by atoms with E-state index in [0.717, 1.165) is 80.7 Å². The van der Waals surface area contributed by atoms with Crippen molar-refractivity contribution in [2.45, 2.75) is 237 Å². The van der Waals surface area contributed by atoms with Gasteiger partial charge in [0.2, 0.25) is 5.91 Å². The number of carboxylic acid groups (broad SMARTS) is 13. The van der Waals surface area contributed by atoms with Gasteiger partial charge in [0, 0.05) is 43.1 Å². The fourth-order valence-corrected chi connectivity index (χ4v) is 6.94. The lowest BCUT2D eigenvalue weighted by Crippen LogP contribution is -2.37. The van der Waals surface area contributed by atoms with E-state index in [9.17, 15) is 67.1 Å². The van der Waals surface area contributed by atoms with Crippen LogP contribution in [0.3, 0.4) is 0 Å². The summed E-state index contributed by atoms with van der Waals surface area (Å²) in [5, 5.41) is 137. The third-order valence-electron chi connectivity index (χ3n) is 15.5. The number of carboxylic acids is 13. The molecule has 0 aliphatic heterocycles. The van der Waals surface area contributed by atoms with Crippen molar-refractivity contribution in [3.8, 4) is 0 Å². The molecule has 0 aliphatic carbocycles. The van der Waals surface area contributed by atoms with E-state index in [1.165, 1.54) is 0 Å². The Bertz CT molecular complexity index is 2960. The summed E-state index contributed by atoms with van der Waals surface area (Å²) in [6, 6.07) is -0.855. The molecule has 1 amide bonds. The zero-order chi connectivity index (χ0) is 97.9. The summed E-state index contributed by atoms with van der Waals surface area (Å²) in [6.45, 7) is 15.1. The first kappa shape index (κ1) is 135. The number of hydrogen-bond acceptors (Lipinski definition) is 33. The van der Waals surface area contributed by atoms with Gasteiger partial charge in [0.25, 0.3) is 0 Å². The van der Waals surface area contributed by atoms with Gasteiger partial charge >= 0.3 is 77.6 Å². The molecule has 2 aromatic rings. The normalized spacial score (nSPS) is 13.2. The summed E-state index contributed by atoms with van der Waals surface area (Å²) < 4.78 is 0. The van der Waals surface area contributed by atoms with Crippen LogP contribution >= 0.6 is 0 Å². The van der Waals surface area contributed by atoms with Crippen LogP contribution in [0.15, 0.2) is 30.5 Å². The van der Waals surface area contributed by atoms with Crippen molar-refractivity contribution in [3.63, 3.8) is 0 Å². The van der Waals surface area contributed by atoms with Crippen LogP contribution in [0.2, 0.25) is 0 Å². The molecule has 1 aromatic heterocycles. The van der Waals surface area contributed by atoms with Crippen LogP contribution in [-0.2, 0) is 73.5 Å². The first-order chi connectivity index (χ1) is 56.5. The molecule has 0 bridgehead atoms. The minimum Gasteiger partial charge on any atom is -0.480 e. The molecule has 0 saturated carbocycles. The summed E-state index contributed by atoms with van der Waals surface area (Å²) in [6.07, 6.45) is 13.4. The summed E-state index contributed by atoms with van der Waals surface area (Å²) in [5.74, 6) is -13.1. The van der Waals surface area contributed by atoms with Gasteiger partial charge in [-0.25, -0.2) is 0 Å². The fourth-order valence-electron chi connectivity index (χ4n) is 6.94. The number of hydrogen-bond donors (Lipinski definition) is 36. The number of H-pyrrole nitrogens is 1. The Labute approximate surface area is 709 Å². The Morgan fingerprint density at radius 2 is 0.705 bits per heavy atom. The number of primary amides is 1. The van der Waals surface area contributed by atoms with Crippen molar-refractivity contribution in [1.82, 2.24) is 15.6 Å². The smallest absolute Gasteiger partial charge is 0.322 e. The van der Waals surface area contributed by atoms with Gasteiger partial charge in [-0.1, -0.05) is 105 Å². The van der Waals surface area contributed by atoms with Gasteiger partial charge < -0.3 is 190 Å². The number of aromatic nitrogens is 1. The van der Waals surface area contributed by atoms with Gasteiger partial charge in [0.15, 0.2) is 5.96 Å². The maximum absolute atomic E-state index is 10.6. The number of aliphatic hydroxyl groups excluding tert-OH is 2. The predicted molar refractivity (Wildman–Crippen MR) is 455 cm³/mol. The van der Waals surface area contributed by atoms with Gasteiger partial charge in [-0.2, -0.15) is 0 Å². The lowest BCUT2D eigenvalue weighted by molar-refractivity contribution is -0.140. The first-order valence-corrected chi connectivity index (χ1v) is 38.4. The van der Waals surface area contributed by atoms with Gasteiger partial charge in [0.05, 0.1) is 19.7 Å². The number of unbranched alkanes of at least 4 members (excludes halogenated alkanes) is 3. The molecule has 122 heavy (non-hydrogen) atoms. The predicted octanol–water partition coefficient (Wildman–Crippen LogP) is -5.37. The number of benzene rings is 1. The summed E-state index contributed by atoms with van der Waals surface area (Å²) in [4.78, 5) is 144. The molecule has 14 atom stereocenters. The van der Waals surface area contributed by atoms with E-state index in [2.05, 4.69) is 27.1 Å². The van der Waals surface area contributed by atoms with Crippen molar-refractivity contribution in [2.75, 3.05) is 59.0 Å². The summed E-state index contributed by atoms with van der Waals surface area (Å²) in [5.41, 5.74) is 88.4. The van der Waals surface area contributed by atoms with E-state index >= 15 is 0 Å². The van der Waals surface area contributed by atoms with Gasteiger partial charge in [-0.05, 0) is 126 Å². The molecule has 1 heterocycles. The molecular weight excluding hydrogens is 1620 g/mol. The molecule has 2 rings (SSSR count). The van der Waals surface area contributed by atoms with Crippen LogP contribution in [0.25, 0.3) is 10.9 Å². The zero-order valence-electron chi connectivity index (χ0n) is 71.0. The molecule has 0 fully saturated rings. The topological polar surface area (TPSA) is 1050 Å². The summed E-state index contributed by atoms with van der Waals surface area (Å²) >= 11 is 0. The van der Waals surface area contributed by atoms with Crippen molar-refractivity contribution in [2.24, 2.45) is 115 Å². The third-order valence-corrected chi connectivity index (χ3v) is 15.5. The van der Waals surface area contributed by atoms with Gasteiger partial charge in [-0.15, -0.1) is 0 Å². The molecule has 1 aromatic carbocycles. The Balaban J connectivity index is -0.000000123. The van der Waals surface area contributed by atoms with E-state index < -0.39 is 157 Å². The van der Waals surface area contributed by atoms with Gasteiger partial charge in [0.1, 0.15) is 66.5 Å². The number of aliphatic hydroxyl groups is 2. The van der Waals surface area contributed by atoms with Crippen molar-refractivity contribution in [1.29, 1.82) is 5.41 Å². The van der Waals surface area contributed by atoms with E-state index in [-0.39, 0.29) is 62.7 Å². The van der Waals surface area contributed by atoms with Crippen LogP contribution in [-0.4, -0.2) is 297 Å². The number of para-hydroxylation sites is 1. The van der Waals surface area contributed by atoms with Crippen LogP contribution in [0.1, 0.15) is 170 Å². The highest BCUT2D eigenvalue weighted by molar-refractivity contribution is 5.84. The summed E-state index contributed by atoms with van der Waals surface area (Å²) in [7, 11) is 0. The second-order valence-corrected chi connectivity index (χ2v) is 26.0. The minimum absolute atomic E-state index is 0.0213. The maximum Gasteiger partial charge on any atom is 0.322 e. The molecule has 0 radical (unpaired) electrons. The lowest BCUT2D eigenvalue weighted by atomic mass is 10.0. The molecule has 716 valence electrons. The maximum atomic E-state index is 10.6. The van der Waals surface area contributed by atoms with E-state index in [1.54, 1.807) is 0 Å². The number of nitrogens with two attached hydrogens (primary N) is 17. The highest BCUT2D eigenvalue weighted by atomic mass is 16.4. The zero-order valence-corrected chi connectivity index (χ0v) is 71.0. The van der Waals surface area contributed by atoms with Crippen LogP contribution in [0.5, 0.6) is 0 Å². The average molecular weight is 1770 g/mol. The monoisotopic (exact) mass is 1770 g/mol. The second-order valence-electron chi connectivity index (χ2n) is 26.0. The fraction of sp³-hybridized carbons (Fsp3) is 0.681. The number of aromatic amines is 1. The first-order valence-electron chi connectivity index (χ1n) is 38.4. The standard InChI is InChI=1S/C11H12N2O2.C7H15NO3.C6H14N4O2.3C6H14N2O2.3C6H13NO2.C5H10N2O3.C3H7NO3.2C2H5NO2/c12-9(11(14)15)5-7-6-13-10-4-2-1-3-8(7)10;1-2-4-8-6(3-5-9)7(10)11;7-4(5(11)12)2-1-3-10-6(8)9;3*7-4-2-1-3-5(8)6(9)10;3*1-3-4(2)5(7)6(8)9;6-3(5(9)10)1-2-4(7)8;4-2(1-5)3(6)7;2*3-1-2(4)5/h1-4,6,9,13H,5,12H2,(H,14,15);6,8-9H,2-5H2,1H3,(H,10,11);4H,1-3,7H2,(H,11,12)(H4,8,9,10);3*5H,1-4,7-8H2,(H,9,10);3*4-5H,3,7H2,1-2H3,(H,8,9);3H,1-2,6H2,(H2,7,8)(H,9,10);2,5H,1,4H2,(H,6,7);2*1,3H2,(H,4,5)/t9-;6-;4-;3*5-;3*4-,5-;3-;2-;;/m00000000000../s1. The number of carbonyl (C=O) groups excluding carboxylic acids is 1. The second kappa shape index (κ2) is 90.1. The van der Waals surface area contributed by atoms with E-state index in [4.69, 9.17) is 168 Å². The molecule has 53 N–H and O–H groups in total. The molecule has 0 saturated heterocycles. The Morgan fingerprint density at radius 1 is 0.402 bits per heavy atom. The number of rotatable bonds is 46. The SMILES string of the molecule is CCCN[C@@H](CCO)C(=O)O.CC[C@H](C)[C@H](N)C(=O)O.CC[C@H](C)[C@H](N)C(=O)O.CC[C@H](C)[C@H](N)C(=O)O.N=C(N)NCCC[C@H](N)C(=O)O.NC(=O)CC[C@H](N)C(=O)O.NCC(=O)O.NCC(=O)O.NCCCC[C@H](N)C(=O)O.NCCCC[C@H](N)C(=O)O.NCCCC[C@H](N)C(=O)O.N[C@@H](CO)C(=O)O.N[C@@H](Cc1c[nH]c2ccccc12)C(=O)O. The van der Waals surface area contributed by atoms with E-state index in [0.29, 0.717) is 71.2 Å². The van der Waals surface area contributed by atoms with Crippen molar-refractivity contribution in [3.05, 3.63) is 36.0 Å². The average Bonchev–Trinajstić information content (AvgIpc) is 1.69. The molecule has 0 unspecified atom stereocenters. The molecular formula is C72H149N21O29. The largest absolute Gasteiger partial charge is 0.480 e. The van der Waals surface area contributed by atoms with Crippen LogP contribution in [0, 0.1) is 23.2 Å². The van der Waals surface area contributed by atoms with Gasteiger partial charge in [-0.3, -0.25) is 72.5 Å². The molecule has 50 nitrogen and oxygen atoms in total. The number of nitrogens with one attached hydrogen (secondary N) is 4. The number of carbonyl (C=O) groups is 14. The minimum atomic E-state index is -1.18. The Kier molecular flexibility index (Phi) is 99.9. The number of amides is 1. The number of aliphatic carboxylic acids is 13. The molecule has 0 aliphatic rings. The number of fused-ring (bicyclic) bond motifs is 1. The Morgan fingerprint density at radius 3 is 0.926 bits per heavy atom. The third kappa shape index (κ3) is 97.0. The highest BCUT2D eigenvalue weighted by Gasteiger charge is 2.21. The van der Waals surface area contributed by atoms with Crippen molar-refractivity contribution >= 4 is 100 Å². The van der Waals surface area contributed by atoms with Crippen LogP contribution < -0.4 is 108 Å². The van der Waals surface area contributed by atoms with E-state index in [1.807, 2.05) is 78.9 Å². The quantitative estimate of drug-likeness (QED) is 0.0167. The lowest BCUT2D eigenvalue weighted by Gasteiger charge is -2.11. The molecule has 0 spiro atoms. The highest BCUT2D eigenvalue weighted by Crippen LogP contribution is 2.19. The Hall–Kier alpha value is -10.1. The molecule has 50 heteroatoms. The number of guanidine groups is 1. The van der Waals surface area contributed by atoms with Crippen molar-refractivity contribution < 1.29 is 144 Å². The van der Waals surface area contributed by atoms with Crippen LogP contribution in [0.4, 0.5) is 0 Å².